The molecule has 4 N–H and O–H groups in total. The summed E-state index contributed by atoms with van der Waals surface area (Å²) in [4.78, 5) is 42.2. The third-order valence-corrected chi connectivity index (χ3v) is 6.76. The molecule has 1 amide bonds. The second-order valence-corrected chi connectivity index (χ2v) is 9.27. The van der Waals surface area contributed by atoms with E-state index in [1.165, 1.54) is 0 Å². The number of nitrogens with zero attached hydrogens (tertiary/aromatic N) is 2. The van der Waals surface area contributed by atoms with E-state index in [1.54, 1.807) is 30.3 Å². The first kappa shape index (κ1) is 25.0. The molecule has 4 rings (SSSR count). The minimum atomic E-state index is -0.0955. The summed E-state index contributed by atoms with van der Waals surface area (Å²) in [6.45, 7) is 8.72. The van der Waals surface area contributed by atoms with E-state index in [4.69, 9.17) is 5.73 Å². The molecule has 0 unspecified atom stereocenters. The molecule has 1 saturated heterocycles. The highest BCUT2D eigenvalue weighted by Crippen LogP contribution is 2.31. The van der Waals surface area contributed by atoms with Crippen molar-refractivity contribution in [2.24, 2.45) is 5.73 Å². The number of ketones is 2. The van der Waals surface area contributed by atoms with Gasteiger partial charge in [-0.15, -0.1) is 0 Å². The molecule has 2 aliphatic rings. The van der Waals surface area contributed by atoms with Gasteiger partial charge in [-0.25, -0.2) is 0 Å². The molecule has 1 aliphatic heterocycles. The van der Waals surface area contributed by atoms with E-state index in [2.05, 4.69) is 20.4 Å². The van der Waals surface area contributed by atoms with Gasteiger partial charge in [0, 0.05) is 80.7 Å². The number of carbonyl (C=O) groups is 3. The van der Waals surface area contributed by atoms with Crippen LogP contribution in [-0.2, 0) is 4.79 Å². The average Bonchev–Trinajstić information content (AvgIpc) is 2.89. The van der Waals surface area contributed by atoms with Crippen LogP contribution in [0.3, 0.4) is 0 Å². The molecule has 0 aromatic heterocycles. The number of nitrogens with one attached hydrogen (secondary N) is 2. The lowest BCUT2D eigenvalue weighted by Gasteiger charge is -2.36. The van der Waals surface area contributed by atoms with E-state index in [1.807, 2.05) is 19.1 Å². The van der Waals surface area contributed by atoms with Gasteiger partial charge in [0.25, 0.3) is 0 Å². The van der Waals surface area contributed by atoms with Gasteiger partial charge in [-0.3, -0.25) is 19.3 Å². The summed E-state index contributed by atoms with van der Waals surface area (Å²) in [5.74, 6) is -0.151. The van der Waals surface area contributed by atoms with Gasteiger partial charge in [-0.2, -0.15) is 0 Å². The van der Waals surface area contributed by atoms with Crippen LogP contribution in [-0.4, -0.2) is 85.7 Å². The van der Waals surface area contributed by atoms with Crippen molar-refractivity contribution in [3.05, 3.63) is 64.7 Å². The summed E-state index contributed by atoms with van der Waals surface area (Å²) in [5.41, 5.74) is 8.80. The maximum Gasteiger partial charge on any atom is 0.219 e. The van der Waals surface area contributed by atoms with Gasteiger partial charge in [-0.05, 0) is 19.0 Å². The summed E-state index contributed by atoms with van der Waals surface area (Å²) in [6.07, 6.45) is 1.42. The summed E-state index contributed by atoms with van der Waals surface area (Å²) in [5, 5.41) is 6.26. The molecule has 0 spiro atoms. The maximum absolute atomic E-state index is 13.1. The molecule has 1 heterocycles. The fourth-order valence-corrected chi connectivity index (χ4v) is 4.78. The van der Waals surface area contributed by atoms with Gasteiger partial charge in [-0.1, -0.05) is 43.3 Å². The van der Waals surface area contributed by atoms with Gasteiger partial charge < -0.3 is 21.3 Å². The Morgan fingerprint density at radius 1 is 0.943 bits per heavy atom. The summed E-state index contributed by atoms with van der Waals surface area (Å²) in [6, 6.07) is 12.4. The molecular weight excluding hydrogens is 442 g/mol. The van der Waals surface area contributed by atoms with Crippen LogP contribution in [0.25, 0.3) is 0 Å². The van der Waals surface area contributed by atoms with E-state index >= 15 is 0 Å². The Morgan fingerprint density at radius 2 is 1.60 bits per heavy atom. The smallest absolute Gasteiger partial charge is 0.219 e. The van der Waals surface area contributed by atoms with Crippen molar-refractivity contribution in [1.29, 1.82) is 0 Å². The molecule has 1 aliphatic carbocycles. The van der Waals surface area contributed by atoms with Crippen molar-refractivity contribution in [2.75, 3.05) is 57.7 Å². The van der Waals surface area contributed by atoms with Gasteiger partial charge in [0.05, 0.1) is 5.56 Å². The molecule has 8 heteroatoms. The highest BCUT2D eigenvalue weighted by molar-refractivity contribution is 6.30. The zero-order valence-electron chi connectivity index (χ0n) is 20.4. The van der Waals surface area contributed by atoms with Crippen molar-refractivity contribution in [3.63, 3.8) is 0 Å². The van der Waals surface area contributed by atoms with Crippen LogP contribution >= 0.6 is 0 Å². The highest BCUT2D eigenvalue weighted by atomic mass is 16.2. The maximum atomic E-state index is 13.1. The number of nitrogens with two attached hydrogens (primary N) is 1. The Labute approximate surface area is 206 Å². The fourth-order valence-electron chi connectivity index (χ4n) is 4.78. The normalized spacial score (nSPS) is 17.0. The molecular formula is C27H35N5O3. The van der Waals surface area contributed by atoms with Gasteiger partial charge in [0.1, 0.15) is 0 Å². The Kier molecular flexibility index (Phi) is 8.28. The summed E-state index contributed by atoms with van der Waals surface area (Å²) in [7, 11) is 0. The lowest BCUT2D eigenvalue weighted by molar-refractivity contribution is -0.120. The number of hydrogen-bond donors (Lipinski definition) is 3. The van der Waals surface area contributed by atoms with Gasteiger partial charge in [0.15, 0.2) is 11.6 Å². The third kappa shape index (κ3) is 5.96. The second-order valence-electron chi connectivity index (χ2n) is 9.27. The predicted molar refractivity (Wildman–Crippen MR) is 137 cm³/mol. The second kappa shape index (κ2) is 11.6. The SMILES string of the molecule is CCC(=O)NC[C@@H](N)CN1CCN(CCCNc2cccc3c2C(=O)c2ccccc2C3=O)CC1. The zero-order valence-corrected chi connectivity index (χ0v) is 20.4. The molecule has 1 fully saturated rings. The molecule has 0 radical (unpaired) electrons. The van der Waals surface area contributed by atoms with Crippen molar-refractivity contribution in [3.8, 4) is 0 Å². The first-order chi connectivity index (χ1) is 17.0. The van der Waals surface area contributed by atoms with Crippen molar-refractivity contribution < 1.29 is 14.4 Å². The standard InChI is InChI=1S/C27H35N5O3/c1-2-24(33)30-17-19(28)18-32-15-13-31(14-16-32)12-6-11-29-23-10-5-9-22-25(23)27(35)21-8-4-3-7-20(21)26(22)34/h3-5,7-10,19,29H,2,6,11-18,28H2,1H3,(H,30,33)/t19-/m1/s1. The highest BCUT2D eigenvalue weighted by Gasteiger charge is 2.31. The van der Waals surface area contributed by atoms with Crippen molar-refractivity contribution >= 4 is 23.2 Å². The van der Waals surface area contributed by atoms with Crippen LogP contribution in [0.2, 0.25) is 0 Å². The Morgan fingerprint density at radius 3 is 2.31 bits per heavy atom. The largest absolute Gasteiger partial charge is 0.384 e. The number of amides is 1. The van der Waals surface area contributed by atoms with Crippen LogP contribution in [0.15, 0.2) is 42.5 Å². The number of anilines is 1. The van der Waals surface area contributed by atoms with Crippen LogP contribution in [0.4, 0.5) is 5.69 Å². The lowest BCUT2D eigenvalue weighted by Crippen LogP contribution is -2.52. The monoisotopic (exact) mass is 477 g/mol. The van der Waals surface area contributed by atoms with Crippen molar-refractivity contribution in [1.82, 2.24) is 15.1 Å². The molecule has 0 saturated carbocycles. The minimum Gasteiger partial charge on any atom is -0.384 e. The first-order valence-corrected chi connectivity index (χ1v) is 12.5. The topological polar surface area (TPSA) is 108 Å². The van der Waals surface area contributed by atoms with Crippen LogP contribution in [0.1, 0.15) is 51.6 Å². The Balaban J connectivity index is 1.22. The Bertz CT molecular complexity index is 1080. The van der Waals surface area contributed by atoms with Gasteiger partial charge >= 0.3 is 0 Å². The average molecular weight is 478 g/mol. The molecule has 0 bridgehead atoms. The van der Waals surface area contributed by atoms with E-state index in [0.717, 1.165) is 57.9 Å². The third-order valence-electron chi connectivity index (χ3n) is 6.76. The van der Waals surface area contributed by atoms with E-state index in [9.17, 15) is 14.4 Å². The molecule has 1 atom stereocenters. The summed E-state index contributed by atoms with van der Waals surface area (Å²) < 4.78 is 0. The zero-order chi connectivity index (χ0) is 24.8. The van der Waals surface area contributed by atoms with E-state index < -0.39 is 0 Å². The summed E-state index contributed by atoms with van der Waals surface area (Å²) >= 11 is 0. The number of piperazine rings is 1. The molecule has 35 heavy (non-hydrogen) atoms. The van der Waals surface area contributed by atoms with Crippen LogP contribution in [0, 0.1) is 0 Å². The number of rotatable bonds is 10. The molecule has 186 valence electrons. The quantitative estimate of drug-likeness (QED) is 0.382. The van der Waals surface area contributed by atoms with Gasteiger partial charge in [0.2, 0.25) is 5.91 Å². The number of fused-ring (bicyclic) bond motifs is 2. The minimum absolute atomic E-state index is 0.0377. The number of carbonyl (C=O) groups excluding carboxylic acids is 3. The van der Waals surface area contributed by atoms with E-state index in [0.29, 0.717) is 35.2 Å². The molecule has 8 nitrogen and oxygen atoms in total. The fraction of sp³-hybridized carbons (Fsp3) is 0.444. The number of hydrogen-bond acceptors (Lipinski definition) is 7. The van der Waals surface area contributed by atoms with Crippen LogP contribution in [0.5, 0.6) is 0 Å². The first-order valence-electron chi connectivity index (χ1n) is 12.5. The predicted octanol–water partition coefficient (Wildman–Crippen LogP) is 1.74. The lowest BCUT2D eigenvalue weighted by atomic mass is 9.83. The van der Waals surface area contributed by atoms with Crippen LogP contribution < -0.4 is 16.4 Å². The van der Waals surface area contributed by atoms with E-state index in [-0.39, 0.29) is 23.5 Å². The molecule has 2 aromatic carbocycles. The Hall–Kier alpha value is -3.07. The van der Waals surface area contributed by atoms with Crippen molar-refractivity contribution in [2.45, 2.75) is 25.8 Å². The molecule has 2 aromatic rings. The number of benzene rings is 2.